The minimum atomic E-state index is -3.46. The topological polar surface area (TPSA) is 37.4 Å². The number of rotatable bonds is 6. The third-order valence-electron chi connectivity index (χ3n) is 2.69. The molecule has 104 valence electrons. The number of sulfonamides is 1. The number of hydrogen-bond donors (Lipinski definition) is 0. The van der Waals surface area contributed by atoms with Gasteiger partial charge >= 0.3 is 0 Å². The van der Waals surface area contributed by atoms with Gasteiger partial charge in [-0.1, -0.05) is 35.4 Å². The van der Waals surface area contributed by atoms with Gasteiger partial charge in [-0.15, -0.1) is 6.58 Å². The maximum absolute atomic E-state index is 12.5. The van der Waals surface area contributed by atoms with Gasteiger partial charge in [0.2, 0.25) is 10.0 Å². The highest BCUT2D eigenvalue weighted by atomic mass is 32.2. The maximum Gasteiger partial charge on any atom is 0.243 e. The van der Waals surface area contributed by atoms with Crippen LogP contribution in [0.4, 0.5) is 0 Å². The molecule has 0 saturated heterocycles. The number of benzene rings is 1. The number of allylic oxidation sites excluding steroid dienone is 1. The summed E-state index contributed by atoms with van der Waals surface area (Å²) in [5, 5.41) is 0. The Morgan fingerprint density at radius 2 is 1.79 bits per heavy atom. The fourth-order valence-corrected chi connectivity index (χ4v) is 2.91. The zero-order chi connectivity index (χ0) is 14.5. The van der Waals surface area contributed by atoms with Gasteiger partial charge < -0.3 is 0 Å². The van der Waals surface area contributed by atoms with E-state index in [-0.39, 0.29) is 0 Å². The first-order chi connectivity index (χ1) is 8.87. The second-order valence-electron chi connectivity index (χ2n) is 4.71. The van der Waals surface area contributed by atoms with E-state index in [9.17, 15) is 8.42 Å². The van der Waals surface area contributed by atoms with E-state index < -0.39 is 10.0 Å². The third-order valence-corrected chi connectivity index (χ3v) is 4.54. The summed E-state index contributed by atoms with van der Waals surface area (Å²) in [6.45, 7) is 10.1. The predicted molar refractivity (Wildman–Crippen MR) is 79.6 cm³/mol. The summed E-state index contributed by atoms with van der Waals surface area (Å²) in [5.41, 5.74) is 2.13. The average Bonchev–Trinajstić information content (AvgIpc) is 2.34. The molecule has 0 aliphatic rings. The van der Waals surface area contributed by atoms with Gasteiger partial charge in [0.15, 0.2) is 0 Å². The fraction of sp³-hybridized carbons (Fsp3) is 0.333. The number of nitrogens with zero attached hydrogens (tertiary/aromatic N) is 1. The zero-order valence-electron chi connectivity index (χ0n) is 11.8. The SMILES string of the molecule is C=CCN(CC=C(C)C)S(=O)(=O)c1ccc(C)cc1. The number of aryl methyl sites for hydroxylation is 1. The Labute approximate surface area is 116 Å². The van der Waals surface area contributed by atoms with E-state index in [0.717, 1.165) is 11.1 Å². The van der Waals surface area contributed by atoms with E-state index in [4.69, 9.17) is 0 Å². The molecule has 3 nitrogen and oxygen atoms in total. The Morgan fingerprint density at radius 3 is 2.26 bits per heavy atom. The van der Waals surface area contributed by atoms with Gasteiger partial charge in [-0.3, -0.25) is 0 Å². The van der Waals surface area contributed by atoms with Crippen LogP contribution in [0.25, 0.3) is 0 Å². The fourth-order valence-electron chi connectivity index (χ4n) is 1.56. The Balaban J connectivity index is 3.08. The molecule has 0 amide bonds. The minimum Gasteiger partial charge on any atom is -0.207 e. The van der Waals surface area contributed by atoms with Crippen molar-refractivity contribution in [2.24, 2.45) is 0 Å². The van der Waals surface area contributed by atoms with Crippen LogP contribution in [-0.2, 0) is 10.0 Å². The molecular formula is C15H21NO2S. The van der Waals surface area contributed by atoms with Crippen LogP contribution in [0, 0.1) is 6.92 Å². The Hall–Kier alpha value is -1.39. The normalized spacial score (nSPS) is 11.4. The van der Waals surface area contributed by atoms with E-state index >= 15 is 0 Å². The highest BCUT2D eigenvalue weighted by Crippen LogP contribution is 2.16. The highest BCUT2D eigenvalue weighted by Gasteiger charge is 2.22. The van der Waals surface area contributed by atoms with Crippen molar-refractivity contribution in [3.05, 3.63) is 54.1 Å². The van der Waals surface area contributed by atoms with Crippen molar-refractivity contribution in [1.82, 2.24) is 4.31 Å². The molecular weight excluding hydrogens is 258 g/mol. The van der Waals surface area contributed by atoms with Gasteiger partial charge in [0, 0.05) is 13.1 Å². The summed E-state index contributed by atoms with van der Waals surface area (Å²) >= 11 is 0. The third kappa shape index (κ3) is 4.33. The molecule has 0 radical (unpaired) electrons. The molecule has 0 unspecified atom stereocenters. The highest BCUT2D eigenvalue weighted by molar-refractivity contribution is 7.89. The summed E-state index contributed by atoms with van der Waals surface area (Å²) in [4.78, 5) is 0.321. The van der Waals surface area contributed by atoms with Crippen molar-refractivity contribution in [2.75, 3.05) is 13.1 Å². The van der Waals surface area contributed by atoms with Gasteiger partial charge in [-0.05, 0) is 32.9 Å². The van der Waals surface area contributed by atoms with Crippen molar-refractivity contribution in [2.45, 2.75) is 25.7 Å². The predicted octanol–water partition coefficient (Wildman–Crippen LogP) is 3.14. The van der Waals surface area contributed by atoms with Gasteiger partial charge in [0.1, 0.15) is 0 Å². The molecule has 0 heterocycles. The smallest absolute Gasteiger partial charge is 0.207 e. The van der Waals surface area contributed by atoms with Gasteiger partial charge in [0.05, 0.1) is 4.90 Å². The first kappa shape index (κ1) is 15.7. The largest absolute Gasteiger partial charge is 0.243 e. The lowest BCUT2D eigenvalue weighted by Crippen LogP contribution is -2.31. The summed E-state index contributed by atoms with van der Waals surface area (Å²) in [6.07, 6.45) is 3.50. The standard InChI is InChI=1S/C15H21NO2S/c1-5-11-16(12-10-13(2)3)19(17,18)15-8-6-14(4)7-9-15/h5-10H,1,11-12H2,2-4H3. The molecule has 1 aromatic carbocycles. The average molecular weight is 279 g/mol. The van der Waals surface area contributed by atoms with Crippen LogP contribution < -0.4 is 0 Å². The van der Waals surface area contributed by atoms with E-state index in [2.05, 4.69) is 6.58 Å². The van der Waals surface area contributed by atoms with Crippen LogP contribution in [0.2, 0.25) is 0 Å². The lowest BCUT2D eigenvalue weighted by molar-refractivity contribution is 0.473. The van der Waals surface area contributed by atoms with E-state index in [1.165, 1.54) is 4.31 Å². The Bertz CT molecular complexity index is 552. The van der Waals surface area contributed by atoms with Crippen LogP contribution in [0.1, 0.15) is 19.4 Å². The molecule has 0 N–H and O–H groups in total. The van der Waals surface area contributed by atoms with Crippen LogP contribution in [0.3, 0.4) is 0 Å². The quantitative estimate of drug-likeness (QED) is 0.750. The minimum absolute atomic E-state index is 0.306. The molecule has 19 heavy (non-hydrogen) atoms. The Kier molecular flexibility index (Phi) is 5.51. The van der Waals surface area contributed by atoms with Gasteiger partial charge in [-0.2, -0.15) is 4.31 Å². The molecule has 0 saturated carbocycles. The van der Waals surface area contributed by atoms with E-state index in [1.807, 2.05) is 26.8 Å². The first-order valence-corrected chi connectivity index (χ1v) is 7.63. The lowest BCUT2D eigenvalue weighted by atomic mass is 10.2. The summed E-state index contributed by atoms with van der Waals surface area (Å²) < 4.78 is 26.4. The zero-order valence-corrected chi connectivity index (χ0v) is 12.6. The van der Waals surface area contributed by atoms with Crippen LogP contribution in [0.15, 0.2) is 53.5 Å². The second-order valence-corrected chi connectivity index (χ2v) is 6.64. The molecule has 0 aliphatic heterocycles. The monoisotopic (exact) mass is 279 g/mol. The second kappa shape index (κ2) is 6.68. The summed E-state index contributed by atoms with van der Waals surface area (Å²) in [7, 11) is -3.46. The van der Waals surface area contributed by atoms with E-state index in [1.54, 1.807) is 30.3 Å². The van der Waals surface area contributed by atoms with Crippen molar-refractivity contribution in [3.63, 3.8) is 0 Å². The van der Waals surface area contributed by atoms with Crippen molar-refractivity contribution in [1.29, 1.82) is 0 Å². The van der Waals surface area contributed by atoms with Crippen LogP contribution in [0.5, 0.6) is 0 Å². The Morgan fingerprint density at radius 1 is 1.21 bits per heavy atom. The molecule has 1 aromatic rings. The molecule has 4 heteroatoms. The van der Waals surface area contributed by atoms with Crippen molar-refractivity contribution < 1.29 is 8.42 Å². The van der Waals surface area contributed by atoms with Gasteiger partial charge in [0.25, 0.3) is 0 Å². The molecule has 0 aromatic heterocycles. The summed E-state index contributed by atoms with van der Waals surface area (Å²) in [6, 6.07) is 6.90. The van der Waals surface area contributed by atoms with Crippen molar-refractivity contribution >= 4 is 10.0 Å². The molecule has 0 fully saturated rings. The molecule has 0 atom stereocenters. The first-order valence-electron chi connectivity index (χ1n) is 6.19. The molecule has 0 bridgehead atoms. The maximum atomic E-state index is 12.5. The molecule has 0 aliphatic carbocycles. The van der Waals surface area contributed by atoms with Crippen molar-refractivity contribution in [3.8, 4) is 0 Å². The molecule has 1 rings (SSSR count). The number of hydrogen-bond acceptors (Lipinski definition) is 2. The van der Waals surface area contributed by atoms with Crippen LogP contribution in [-0.4, -0.2) is 25.8 Å². The van der Waals surface area contributed by atoms with E-state index in [0.29, 0.717) is 18.0 Å². The lowest BCUT2D eigenvalue weighted by Gasteiger charge is -2.19. The van der Waals surface area contributed by atoms with Crippen LogP contribution >= 0.6 is 0 Å². The summed E-state index contributed by atoms with van der Waals surface area (Å²) in [5.74, 6) is 0. The van der Waals surface area contributed by atoms with Gasteiger partial charge in [-0.25, -0.2) is 8.42 Å². The molecule has 0 spiro atoms.